The number of hydrogen-bond donors (Lipinski definition) is 0. The van der Waals surface area contributed by atoms with Crippen molar-refractivity contribution in [1.82, 2.24) is 9.55 Å². The van der Waals surface area contributed by atoms with Gasteiger partial charge in [0.15, 0.2) is 5.16 Å². The molecule has 1 aliphatic rings. The molecule has 20 heavy (non-hydrogen) atoms. The molecule has 0 aliphatic carbocycles. The van der Waals surface area contributed by atoms with Gasteiger partial charge in [0.2, 0.25) is 5.12 Å². The summed E-state index contributed by atoms with van der Waals surface area (Å²) in [5.74, 6) is 0. The smallest absolute Gasteiger partial charge is 0.224 e. The van der Waals surface area contributed by atoms with E-state index in [2.05, 4.69) is 4.98 Å². The molecular weight excluding hydrogens is 312 g/mol. The van der Waals surface area contributed by atoms with Crippen molar-refractivity contribution >= 4 is 46.8 Å². The molecule has 0 spiro atoms. The summed E-state index contributed by atoms with van der Waals surface area (Å²) in [4.78, 5) is 16.3. The highest BCUT2D eigenvalue weighted by Crippen LogP contribution is 2.28. The monoisotopic (exact) mass is 320 g/mol. The Balaban J connectivity index is 2.00. The van der Waals surface area contributed by atoms with Crippen molar-refractivity contribution in [3.63, 3.8) is 0 Å². The molecule has 100 valence electrons. The van der Waals surface area contributed by atoms with E-state index in [4.69, 9.17) is 23.8 Å². The summed E-state index contributed by atoms with van der Waals surface area (Å²) in [5, 5.41) is 1.33. The lowest BCUT2D eigenvalue weighted by atomic mass is 10.1. The highest BCUT2D eigenvalue weighted by molar-refractivity contribution is 8.14. The summed E-state index contributed by atoms with van der Waals surface area (Å²) in [7, 11) is 0. The lowest BCUT2D eigenvalue weighted by Gasteiger charge is -2.18. The summed E-state index contributed by atoms with van der Waals surface area (Å²) in [6.45, 7) is 0.455. The van der Waals surface area contributed by atoms with E-state index in [0.29, 0.717) is 26.9 Å². The molecule has 3 rings (SSSR count). The van der Waals surface area contributed by atoms with Crippen molar-refractivity contribution in [2.45, 2.75) is 11.7 Å². The van der Waals surface area contributed by atoms with E-state index in [-0.39, 0.29) is 5.12 Å². The summed E-state index contributed by atoms with van der Waals surface area (Å²) < 4.78 is 2.54. The molecule has 1 aromatic heterocycles. The second kappa shape index (κ2) is 5.52. The number of rotatable bonds is 1. The maximum absolute atomic E-state index is 12.1. The number of carbonyl (C=O) groups excluding carboxylic acids is 1. The molecule has 6 heteroatoms. The van der Waals surface area contributed by atoms with Crippen LogP contribution in [0.15, 0.2) is 47.3 Å². The Kier molecular flexibility index (Phi) is 3.74. The highest BCUT2D eigenvalue weighted by atomic mass is 35.5. The van der Waals surface area contributed by atoms with E-state index in [0.717, 1.165) is 17.3 Å². The van der Waals surface area contributed by atoms with Crippen LogP contribution in [0.5, 0.6) is 0 Å². The third-order valence-corrected chi connectivity index (χ3v) is 4.45. The average Bonchev–Trinajstić information content (AvgIpc) is 2.43. The number of carbonyl (C=O) groups is 1. The molecule has 0 unspecified atom stereocenters. The first-order valence-corrected chi connectivity index (χ1v) is 7.48. The molecular formula is C14H9ClN2OS2. The molecule has 0 amide bonds. The Morgan fingerprint density at radius 3 is 2.80 bits per heavy atom. The lowest BCUT2D eigenvalue weighted by Crippen LogP contribution is -2.17. The zero-order valence-corrected chi connectivity index (χ0v) is 12.6. The predicted octanol–water partition coefficient (Wildman–Crippen LogP) is 3.98. The van der Waals surface area contributed by atoms with Gasteiger partial charge in [-0.2, -0.15) is 0 Å². The Hall–Kier alpha value is -1.43. The number of nitrogens with zero attached hydrogens (tertiary/aromatic N) is 2. The first kappa shape index (κ1) is 13.5. The number of hydrogen-bond acceptors (Lipinski definition) is 4. The van der Waals surface area contributed by atoms with Gasteiger partial charge in [-0.3, -0.25) is 4.79 Å². The topological polar surface area (TPSA) is 34.9 Å². The molecule has 2 heterocycles. The molecule has 1 aromatic carbocycles. The number of benzene rings is 1. The van der Waals surface area contributed by atoms with Gasteiger partial charge in [0.25, 0.3) is 0 Å². The van der Waals surface area contributed by atoms with E-state index in [1.807, 2.05) is 22.8 Å². The van der Waals surface area contributed by atoms with E-state index in [1.54, 1.807) is 24.4 Å². The summed E-state index contributed by atoms with van der Waals surface area (Å²) in [5.41, 5.74) is 1.64. The van der Waals surface area contributed by atoms with E-state index >= 15 is 0 Å². The van der Waals surface area contributed by atoms with Gasteiger partial charge in [-0.25, -0.2) is 4.98 Å². The van der Waals surface area contributed by atoms with Gasteiger partial charge >= 0.3 is 0 Å². The molecule has 0 N–H and O–H groups in total. The van der Waals surface area contributed by atoms with Crippen LogP contribution in [0.2, 0.25) is 5.02 Å². The van der Waals surface area contributed by atoms with Gasteiger partial charge in [-0.15, -0.1) is 0 Å². The van der Waals surface area contributed by atoms with Crippen LogP contribution in [0.3, 0.4) is 0 Å². The quantitative estimate of drug-likeness (QED) is 0.452. The standard InChI is InChI=1S/C14H9ClN2OS2/c15-11-3-1-9(2-4-11)7-10-8-17-12(19)5-6-16-14(17)20-13(10)18/h1-7H,8H2. The predicted molar refractivity (Wildman–Crippen MR) is 83.4 cm³/mol. The number of fused-ring (bicyclic) bond motifs is 1. The van der Waals surface area contributed by atoms with E-state index < -0.39 is 0 Å². The zero-order chi connectivity index (χ0) is 14.1. The molecule has 0 saturated carbocycles. The number of halogens is 1. The van der Waals surface area contributed by atoms with Crippen LogP contribution in [0, 0.1) is 4.64 Å². The Bertz CT molecular complexity index is 765. The molecule has 0 bridgehead atoms. The average molecular weight is 321 g/mol. The fraction of sp³-hybridized carbons (Fsp3) is 0.0714. The lowest BCUT2D eigenvalue weighted by molar-refractivity contribution is -0.108. The van der Waals surface area contributed by atoms with Crippen LogP contribution in [-0.4, -0.2) is 14.7 Å². The minimum absolute atomic E-state index is 0.00745. The summed E-state index contributed by atoms with van der Waals surface area (Å²) >= 11 is 12.2. The van der Waals surface area contributed by atoms with E-state index in [1.165, 1.54) is 0 Å². The van der Waals surface area contributed by atoms with Crippen LogP contribution < -0.4 is 0 Å². The Labute approximate surface area is 130 Å². The van der Waals surface area contributed by atoms with Crippen LogP contribution in [-0.2, 0) is 11.3 Å². The van der Waals surface area contributed by atoms with Crippen molar-refractivity contribution in [2.75, 3.05) is 0 Å². The van der Waals surface area contributed by atoms with Crippen LogP contribution in [0.25, 0.3) is 6.08 Å². The van der Waals surface area contributed by atoms with Crippen molar-refractivity contribution in [3.05, 3.63) is 57.3 Å². The van der Waals surface area contributed by atoms with Gasteiger partial charge in [0.05, 0.1) is 6.54 Å². The van der Waals surface area contributed by atoms with E-state index in [9.17, 15) is 4.79 Å². The molecule has 1 aliphatic heterocycles. The van der Waals surface area contributed by atoms with Gasteiger partial charge in [0, 0.05) is 16.8 Å². The van der Waals surface area contributed by atoms with Crippen molar-refractivity contribution in [2.24, 2.45) is 0 Å². The molecule has 0 atom stereocenters. The minimum Gasteiger partial charge on any atom is -0.307 e. The fourth-order valence-corrected chi connectivity index (χ4v) is 3.10. The Morgan fingerprint density at radius 2 is 2.05 bits per heavy atom. The fourth-order valence-electron chi connectivity index (χ4n) is 1.89. The maximum Gasteiger partial charge on any atom is 0.224 e. The first-order chi connectivity index (χ1) is 9.63. The SMILES string of the molecule is O=C1Sc2nccc(=S)n2CC1=Cc1ccc(Cl)cc1. The molecule has 0 radical (unpaired) electrons. The van der Waals surface area contributed by atoms with Crippen molar-refractivity contribution in [3.8, 4) is 0 Å². The number of thioether (sulfide) groups is 1. The van der Waals surface area contributed by atoms with Crippen LogP contribution in [0.1, 0.15) is 5.56 Å². The third-order valence-electron chi connectivity index (χ3n) is 2.88. The summed E-state index contributed by atoms with van der Waals surface area (Å²) in [6, 6.07) is 9.12. The second-order valence-electron chi connectivity index (χ2n) is 4.26. The Morgan fingerprint density at radius 1 is 1.30 bits per heavy atom. The first-order valence-electron chi connectivity index (χ1n) is 5.88. The van der Waals surface area contributed by atoms with Crippen molar-refractivity contribution < 1.29 is 4.79 Å². The molecule has 2 aromatic rings. The maximum atomic E-state index is 12.1. The number of aromatic nitrogens is 2. The molecule has 3 nitrogen and oxygen atoms in total. The molecule has 0 fully saturated rings. The highest BCUT2D eigenvalue weighted by Gasteiger charge is 2.22. The van der Waals surface area contributed by atoms with Gasteiger partial charge in [-0.1, -0.05) is 36.0 Å². The largest absolute Gasteiger partial charge is 0.307 e. The van der Waals surface area contributed by atoms with Gasteiger partial charge in [0.1, 0.15) is 4.64 Å². The third kappa shape index (κ3) is 2.70. The normalized spacial score (nSPS) is 16.2. The van der Waals surface area contributed by atoms with Crippen LogP contribution >= 0.6 is 35.6 Å². The molecule has 0 saturated heterocycles. The summed E-state index contributed by atoms with van der Waals surface area (Å²) in [6.07, 6.45) is 3.49. The van der Waals surface area contributed by atoms with Gasteiger partial charge in [-0.05, 0) is 41.6 Å². The van der Waals surface area contributed by atoms with Gasteiger partial charge < -0.3 is 4.57 Å². The zero-order valence-electron chi connectivity index (χ0n) is 10.2. The van der Waals surface area contributed by atoms with Crippen LogP contribution in [0.4, 0.5) is 0 Å². The minimum atomic E-state index is 0.00745. The van der Waals surface area contributed by atoms with Crippen molar-refractivity contribution in [1.29, 1.82) is 0 Å². The second-order valence-corrected chi connectivity index (χ2v) is 6.06.